The number of hydrogen-bond acceptors (Lipinski definition) is 3. The Morgan fingerprint density at radius 3 is 3.11 bits per heavy atom. The first-order valence-electron chi connectivity index (χ1n) is 6.96. The van der Waals surface area contributed by atoms with Crippen LogP contribution in [0.25, 0.3) is 0 Å². The molecule has 0 spiro atoms. The highest BCUT2D eigenvalue weighted by Crippen LogP contribution is 2.34. The molecule has 0 saturated heterocycles. The van der Waals surface area contributed by atoms with E-state index in [1.807, 2.05) is 12.1 Å². The van der Waals surface area contributed by atoms with Gasteiger partial charge in [-0.3, -0.25) is 4.79 Å². The largest absolute Gasteiger partial charge is 0.493 e. The Bertz CT molecular complexity index is 434. The second-order valence-corrected chi connectivity index (χ2v) is 5.13. The summed E-state index contributed by atoms with van der Waals surface area (Å²) >= 11 is 0. The number of anilines is 1. The molecule has 2 unspecified atom stereocenters. The zero-order chi connectivity index (χ0) is 13.7. The summed E-state index contributed by atoms with van der Waals surface area (Å²) in [7, 11) is 0. The van der Waals surface area contributed by atoms with Crippen molar-refractivity contribution in [1.82, 2.24) is 5.32 Å². The number of nitrogens with two attached hydrogens (primary N) is 1. The Balaban J connectivity index is 1.62. The number of nitrogens with one attached hydrogen (secondary N) is 1. The van der Waals surface area contributed by atoms with Crippen LogP contribution in [-0.4, -0.2) is 18.6 Å². The molecule has 1 saturated carbocycles. The molecule has 1 aromatic carbocycles. The van der Waals surface area contributed by atoms with Crippen LogP contribution in [0, 0.1) is 5.92 Å². The molecular formula is C15H22N2O2. The minimum Gasteiger partial charge on any atom is -0.493 e. The Morgan fingerprint density at radius 1 is 1.53 bits per heavy atom. The molecule has 0 aromatic heterocycles. The molecule has 0 heterocycles. The number of rotatable bonds is 7. The van der Waals surface area contributed by atoms with Crippen LogP contribution >= 0.6 is 0 Å². The molecule has 1 aromatic rings. The molecule has 4 heteroatoms. The molecule has 1 amide bonds. The number of hydrogen-bond donors (Lipinski definition) is 2. The number of carbonyl (C=O) groups excluding carboxylic acids is 1. The van der Waals surface area contributed by atoms with E-state index in [1.165, 1.54) is 12.8 Å². The second-order valence-electron chi connectivity index (χ2n) is 5.13. The monoisotopic (exact) mass is 262 g/mol. The van der Waals surface area contributed by atoms with Crippen molar-refractivity contribution in [3.63, 3.8) is 0 Å². The molecule has 0 aliphatic heterocycles. The first-order valence-corrected chi connectivity index (χ1v) is 6.96. The van der Waals surface area contributed by atoms with Gasteiger partial charge in [0.2, 0.25) is 5.91 Å². The van der Waals surface area contributed by atoms with E-state index in [0.717, 1.165) is 6.42 Å². The summed E-state index contributed by atoms with van der Waals surface area (Å²) in [5.74, 6) is 1.49. The molecule has 2 atom stereocenters. The maximum atomic E-state index is 11.7. The topological polar surface area (TPSA) is 64.3 Å². The fourth-order valence-corrected chi connectivity index (χ4v) is 2.26. The Labute approximate surface area is 114 Å². The van der Waals surface area contributed by atoms with E-state index in [9.17, 15) is 4.79 Å². The fourth-order valence-electron chi connectivity index (χ4n) is 2.26. The third-order valence-electron chi connectivity index (χ3n) is 3.38. The first-order chi connectivity index (χ1) is 9.19. The molecule has 104 valence electrons. The molecule has 0 radical (unpaired) electrons. The zero-order valence-electron chi connectivity index (χ0n) is 11.4. The van der Waals surface area contributed by atoms with E-state index >= 15 is 0 Å². The van der Waals surface area contributed by atoms with E-state index < -0.39 is 0 Å². The summed E-state index contributed by atoms with van der Waals surface area (Å²) in [6.07, 6.45) is 3.93. The van der Waals surface area contributed by atoms with Gasteiger partial charge in [0.25, 0.3) is 0 Å². The molecule has 4 nitrogen and oxygen atoms in total. The summed E-state index contributed by atoms with van der Waals surface area (Å²) in [5, 5.41) is 3.04. The van der Waals surface area contributed by atoms with E-state index in [0.29, 0.717) is 36.4 Å². The highest BCUT2D eigenvalue weighted by atomic mass is 16.5. The normalized spacial score (nSPS) is 20.9. The van der Waals surface area contributed by atoms with Crippen LogP contribution in [0.3, 0.4) is 0 Å². The third-order valence-corrected chi connectivity index (χ3v) is 3.38. The zero-order valence-corrected chi connectivity index (χ0v) is 11.4. The molecule has 19 heavy (non-hydrogen) atoms. The summed E-state index contributed by atoms with van der Waals surface area (Å²) in [6.45, 7) is 2.57. The fraction of sp³-hybridized carbons (Fsp3) is 0.533. The maximum Gasteiger partial charge on any atom is 0.223 e. The van der Waals surface area contributed by atoms with Crippen molar-refractivity contribution in [3.8, 4) is 5.75 Å². The van der Waals surface area contributed by atoms with Crippen LogP contribution in [0.4, 0.5) is 5.69 Å². The van der Waals surface area contributed by atoms with Gasteiger partial charge in [-0.2, -0.15) is 0 Å². The van der Waals surface area contributed by atoms with Gasteiger partial charge in [-0.05, 0) is 30.9 Å². The van der Waals surface area contributed by atoms with Gasteiger partial charge in [0.1, 0.15) is 5.75 Å². The molecular weight excluding hydrogens is 240 g/mol. The van der Waals surface area contributed by atoms with Crippen molar-refractivity contribution in [3.05, 3.63) is 24.3 Å². The van der Waals surface area contributed by atoms with Crippen molar-refractivity contribution in [2.45, 2.75) is 38.6 Å². The lowest BCUT2D eigenvalue weighted by atomic mass is 10.2. The number of amides is 1. The first kappa shape index (κ1) is 13.7. The van der Waals surface area contributed by atoms with E-state index in [1.54, 1.807) is 12.1 Å². The van der Waals surface area contributed by atoms with Gasteiger partial charge >= 0.3 is 0 Å². The minimum atomic E-state index is 0.0764. The minimum absolute atomic E-state index is 0.0764. The molecule has 1 aliphatic rings. The predicted octanol–water partition coefficient (Wildman–Crippen LogP) is 2.34. The smallest absolute Gasteiger partial charge is 0.223 e. The van der Waals surface area contributed by atoms with Crippen LogP contribution < -0.4 is 15.8 Å². The summed E-state index contributed by atoms with van der Waals surface area (Å²) in [6, 6.07) is 7.65. The number of carbonyl (C=O) groups is 1. The van der Waals surface area contributed by atoms with E-state index in [4.69, 9.17) is 10.5 Å². The lowest BCUT2D eigenvalue weighted by molar-refractivity contribution is -0.121. The van der Waals surface area contributed by atoms with Crippen LogP contribution in [0.2, 0.25) is 0 Å². The third kappa shape index (κ3) is 4.47. The lowest BCUT2D eigenvalue weighted by Gasteiger charge is -2.07. The predicted molar refractivity (Wildman–Crippen MR) is 75.9 cm³/mol. The number of nitrogen functional groups attached to an aromatic ring is 1. The lowest BCUT2D eigenvalue weighted by Crippen LogP contribution is -2.28. The van der Waals surface area contributed by atoms with Gasteiger partial charge in [0, 0.05) is 17.8 Å². The van der Waals surface area contributed by atoms with Gasteiger partial charge in [-0.15, -0.1) is 0 Å². The average Bonchev–Trinajstić information content (AvgIpc) is 3.07. The van der Waals surface area contributed by atoms with Crippen molar-refractivity contribution in [1.29, 1.82) is 0 Å². The number of ether oxygens (including phenoxy) is 1. The standard InChI is InChI=1S/C15H22N2O2/c1-2-4-11-9-14(11)17-15(18)7-8-19-13-6-3-5-12(16)10-13/h3,5-6,10-11,14H,2,4,7-9,16H2,1H3,(H,17,18). The van der Waals surface area contributed by atoms with E-state index in [2.05, 4.69) is 12.2 Å². The van der Waals surface area contributed by atoms with Crippen molar-refractivity contribution in [2.75, 3.05) is 12.3 Å². The van der Waals surface area contributed by atoms with Gasteiger partial charge in [0.05, 0.1) is 13.0 Å². The molecule has 3 N–H and O–H groups in total. The molecule has 1 aliphatic carbocycles. The summed E-state index contributed by atoms with van der Waals surface area (Å²) in [4.78, 5) is 11.7. The molecule has 1 fully saturated rings. The van der Waals surface area contributed by atoms with Crippen molar-refractivity contribution < 1.29 is 9.53 Å². The Hall–Kier alpha value is -1.71. The summed E-state index contributed by atoms with van der Waals surface area (Å²) < 4.78 is 5.49. The number of benzene rings is 1. The van der Waals surface area contributed by atoms with Gasteiger partial charge in [-0.25, -0.2) is 0 Å². The van der Waals surface area contributed by atoms with Crippen molar-refractivity contribution in [2.24, 2.45) is 5.92 Å². The quantitative estimate of drug-likeness (QED) is 0.741. The maximum absolute atomic E-state index is 11.7. The van der Waals surface area contributed by atoms with Crippen molar-refractivity contribution >= 4 is 11.6 Å². The summed E-state index contributed by atoms with van der Waals surface area (Å²) in [5.41, 5.74) is 6.32. The molecule has 0 bridgehead atoms. The Kier molecular flexibility index (Phi) is 4.66. The van der Waals surface area contributed by atoms with E-state index in [-0.39, 0.29) is 5.91 Å². The van der Waals surface area contributed by atoms with Gasteiger partial charge < -0.3 is 15.8 Å². The highest BCUT2D eigenvalue weighted by molar-refractivity contribution is 5.76. The SMILES string of the molecule is CCCC1CC1NC(=O)CCOc1cccc(N)c1. The highest BCUT2D eigenvalue weighted by Gasteiger charge is 2.36. The van der Waals surface area contributed by atoms with Crippen LogP contribution in [-0.2, 0) is 4.79 Å². The average molecular weight is 262 g/mol. The molecule has 2 rings (SSSR count). The van der Waals surface area contributed by atoms with Gasteiger partial charge in [0.15, 0.2) is 0 Å². The van der Waals surface area contributed by atoms with Crippen LogP contribution in [0.1, 0.15) is 32.6 Å². The van der Waals surface area contributed by atoms with Gasteiger partial charge in [-0.1, -0.05) is 19.4 Å². The van der Waals surface area contributed by atoms with Crippen LogP contribution in [0.15, 0.2) is 24.3 Å². The second kappa shape index (κ2) is 6.45. The Morgan fingerprint density at radius 2 is 2.37 bits per heavy atom. The van der Waals surface area contributed by atoms with Crippen LogP contribution in [0.5, 0.6) is 5.75 Å².